The molecule has 14 nitrogen and oxygen atoms in total. The van der Waals surface area contributed by atoms with Crippen molar-refractivity contribution >= 4 is 64.4 Å². The largest absolute Gasteiger partial charge is 0.465 e. The number of aromatic nitrogens is 3. The van der Waals surface area contributed by atoms with Crippen molar-refractivity contribution in [3.8, 4) is 5.69 Å². The third-order valence-electron chi connectivity index (χ3n) is 4.83. The third kappa shape index (κ3) is 4.82. The number of ether oxygens (including phenoxy) is 1. The van der Waals surface area contributed by atoms with Crippen LogP contribution in [0.2, 0.25) is 0 Å². The summed E-state index contributed by atoms with van der Waals surface area (Å²) in [5.74, 6) is -0.741. The second kappa shape index (κ2) is 9.03. The first-order valence-electron chi connectivity index (χ1n) is 9.64. The van der Waals surface area contributed by atoms with Crippen molar-refractivity contribution in [2.75, 3.05) is 12.8 Å². The van der Waals surface area contributed by atoms with Gasteiger partial charge in [0.05, 0.1) is 39.2 Å². The highest BCUT2D eigenvalue weighted by atomic mass is 32.2. The molecule has 0 fully saturated rings. The number of esters is 1. The molecular weight excluding hydrogens is 536 g/mol. The number of nitrogen functional groups attached to an aromatic ring is 1. The van der Waals surface area contributed by atoms with Gasteiger partial charge >= 0.3 is 5.97 Å². The number of nitrogens with two attached hydrogens (primary N) is 1. The first-order valence-corrected chi connectivity index (χ1v) is 13.3. The minimum atomic E-state index is -4.83. The highest BCUT2D eigenvalue weighted by Crippen LogP contribution is 2.35. The number of aryl methyl sites for hydroxylation is 1. The molecule has 0 spiro atoms. The Balaban J connectivity index is 1.78. The fourth-order valence-corrected chi connectivity index (χ4v) is 5.15. The molecule has 2 heterocycles. The Kier molecular flexibility index (Phi) is 6.35. The number of thiazole rings is 1. The van der Waals surface area contributed by atoms with Crippen LogP contribution < -0.4 is 5.73 Å². The van der Waals surface area contributed by atoms with Crippen LogP contribution in [0.4, 0.5) is 16.6 Å². The van der Waals surface area contributed by atoms with Gasteiger partial charge in [-0.25, -0.2) is 14.5 Å². The number of rotatable bonds is 6. The normalized spacial score (nSPS) is 12.4. The molecule has 2 aromatic carbocycles. The average Bonchev–Trinajstić information content (AvgIpc) is 3.34. The fraction of sp³-hybridized carbons (Fsp3) is 0.105. The van der Waals surface area contributed by atoms with Gasteiger partial charge in [0.25, 0.3) is 20.2 Å². The van der Waals surface area contributed by atoms with Gasteiger partial charge < -0.3 is 10.5 Å². The quantitative estimate of drug-likeness (QED) is 0.179. The van der Waals surface area contributed by atoms with E-state index < -0.39 is 41.7 Å². The Bertz CT molecular complexity index is 1770. The van der Waals surface area contributed by atoms with Crippen LogP contribution in [0, 0.1) is 6.92 Å². The van der Waals surface area contributed by atoms with Crippen LogP contribution in [0.3, 0.4) is 0 Å². The summed E-state index contributed by atoms with van der Waals surface area (Å²) < 4.78 is 72.0. The maximum absolute atomic E-state index is 11.9. The molecule has 0 saturated heterocycles. The van der Waals surface area contributed by atoms with Crippen LogP contribution in [-0.4, -0.2) is 53.8 Å². The number of carbonyl (C=O) groups excluding carboxylic acids is 1. The molecule has 2 aromatic heterocycles. The van der Waals surface area contributed by atoms with E-state index in [2.05, 4.69) is 20.3 Å². The lowest BCUT2D eigenvalue weighted by Crippen LogP contribution is -2.11. The molecule has 17 heteroatoms. The Hall–Kier alpha value is -3.77. The van der Waals surface area contributed by atoms with Gasteiger partial charge in [0.2, 0.25) is 5.13 Å². The molecule has 4 N–H and O–H groups in total. The Labute approximate surface area is 207 Å². The molecule has 36 heavy (non-hydrogen) atoms. The standard InChI is InChI=1S/C19H16N6O8S3/c1-9-16(22-23-19-21-12-5-3-10(18(26)33-2)7-14(12)34-19)17(20)25(24-9)13-8-11(35(27,28)29)4-6-15(13)36(30,31)32/h3-8H,20H2,1-2H3,(H,27,28,29)(H,30,31,32). The first kappa shape index (κ1) is 25.3. The number of nitrogens with zero attached hydrogens (tertiary/aromatic N) is 5. The van der Waals surface area contributed by atoms with Crippen LogP contribution >= 0.6 is 11.3 Å². The van der Waals surface area contributed by atoms with Crippen LogP contribution in [0.5, 0.6) is 0 Å². The molecule has 0 amide bonds. The van der Waals surface area contributed by atoms with E-state index in [1.165, 1.54) is 14.0 Å². The van der Waals surface area contributed by atoms with E-state index in [9.17, 15) is 30.7 Å². The van der Waals surface area contributed by atoms with E-state index in [4.69, 9.17) is 10.5 Å². The fourth-order valence-electron chi connectivity index (χ4n) is 3.18. The molecule has 0 radical (unpaired) electrons. The molecule has 4 rings (SSSR count). The van der Waals surface area contributed by atoms with Crippen LogP contribution in [0.25, 0.3) is 15.9 Å². The van der Waals surface area contributed by atoms with Gasteiger partial charge in [-0.05, 0) is 43.3 Å². The summed E-state index contributed by atoms with van der Waals surface area (Å²) >= 11 is 1.13. The van der Waals surface area contributed by atoms with Gasteiger partial charge in [0, 0.05) is 0 Å². The van der Waals surface area contributed by atoms with Gasteiger partial charge in [-0.1, -0.05) is 11.3 Å². The predicted octanol–water partition coefficient (Wildman–Crippen LogP) is 3.07. The van der Waals surface area contributed by atoms with Crippen molar-refractivity contribution in [1.82, 2.24) is 14.8 Å². The number of methoxy groups -OCH3 is 1. The van der Waals surface area contributed by atoms with Gasteiger partial charge in [-0.3, -0.25) is 9.11 Å². The van der Waals surface area contributed by atoms with Gasteiger partial charge in [-0.2, -0.15) is 21.9 Å². The molecule has 4 aromatic rings. The van der Waals surface area contributed by atoms with Crippen LogP contribution in [0.1, 0.15) is 16.1 Å². The summed E-state index contributed by atoms with van der Waals surface area (Å²) in [6, 6.07) is 7.13. The van der Waals surface area contributed by atoms with Crippen molar-refractivity contribution in [3.05, 3.63) is 47.7 Å². The summed E-state index contributed by atoms with van der Waals surface area (Å²) in [6.45, 7) is 1.49. The molecule has 0 saturated carbocycles. The Morgan fingerprint density at radius 2 is 1.81 bits per heavy atom. The second-order valence-corrected chi connectivity index (χ2v) is 11.0. The van der Waals surface area contributed by atoms with Crippen molar-refractivity contribution in [3.63, 3.8) is 0 Å². The van der Waals surface area contributed by atoms with E-state index in [0.717, 1.165) is 34.2 Å². The molecule has 0 aliphatic carbocycles. The third-order valence-corrected chi connectivity index (χ3v) is 7.48. The average molecular weight is 553 g/mol. The number of azo groups is 1. The van der Waals surface area contributed by atoms with Gasteiger partial charge in [-0.15, -0.1) is 10.2 Å². The molecule has 0 bridgehead atoms. The number of carbonyl (C=O) groups is 1. The number of fused-ring (bicyclic) bond motifs is 1. The van der Waals surface area contributed by atoms with E-state index >= 15 is 0 Å². The zero-order valence-corrected chi connectivity index (χ0v) is 20.8. The molecule has 0 atom stereocenters. The Morgan fingerprint density at radius 3 is 2.44 bits per heavy atom. The van der Waals surface area contributed by atoms with Crippen LogP contribution in [-0.2, 0) is 25.0 Å². The lowest BCUT2D eigenvalue weighted by atomic mass is 10.2. The summed E-state index contributed by atoms with van der Waals surface area (Å²) in [6.07, 6.45) is 0. The molecule has 0 aliphatic rings. The maximum Gasteiger partial charge on any atom is 0.337 e. The highest BCUT2D eigenvalue weighted by Gasteiger charge is 2.24. The van der Waals surface area contributed by atoms with E-state index in [-0.39, 0.29) is 22.3 Å². The first-order chi connectivity index (χ1) is 16.8. The minimum Gasteiger partial charge on any atom is -0.465 e. The second-order valence-electron chi connectivity index (χ2n) is 7.18. The topological polar surface area (TPSA) is 216 Å². The number of benzene rings is 2. The van der Waals surface area contributed by atoms with Gasteiger partial charge in [0.15, 0.2) is 11.5 Å². The number of hydrogen-bond donors (Lipinski definition) is 3. The molecule has 0 unspecified atom stereocenters. The molecular formula is C19H16N6O8S3. The molecule has 188 valence electrons. The molecule has 0 aliphatic heterocycles. The SMILES string of the molecule is COC(=O)c1ccc2nc(N=Nc3c(C)nn(-c4cc(S(=O)(=O)O)ccc4S(=O)(=O)O)c3N)sc2c1. The van der Waals surface area contributed by atoms with Crippen molar-refractivity contribution in [2.24, 2.45) is 10.2 Å². The highest BCUT2D eigenvalue weighted by molar-refractivity contribution is 7.86. The van der Waals surface area contributed by atoms with E-state index in [0.29, 0.717) is 15.8 Å². The minimum absolute atomic E-state index is 0.0167. The monoisotopic (exact) mass is 552 g/mol. The van der Waals surface area contributed by atoms with Crippen molar-refractivity contribution in [1.29, 1.82) is 0 Å². The van der Waals surface area contributed by atoms with Crippen LogP contribution in [0.15, 0.2) is 56.4 Å². The van der Waals surface area contributed by atoms with Gasteiger partial charge in [0.1, 0.15) is 4.90 Å². The lowest BCUT2D eigenvalue weighted by molar-refractivity contribution is 0.0601. The lowest BCUT2D eigenvalue weighted by Gasteiger charge is -2.10. The summed E-state index contributed by atoms with van der Waals surface area (Å²) in [7, 11) is -8.28. The smallest absolute Gasteiger partial charge is 0.337 e. The summed E-state index contributed by atoms with van der Waals surface area (Å²) in [5.41, 5.74) is 6.76. The van der Waals surface area contributed by atoms with Crippen molar-refractivity contribution < 1.29 is 35.5 Å². The maximum atomic E-state index is 11.9. The predicted molar refractivity (Wildman–Crippen MR) is 127 cm³/mol. The zero-order valence-electron chi connectivity index (χ0n) is 18.3. The number of anilines is 1. The Morgan fingerprint density at radius 1 is 1.08 bits per heavy atom. The summed E-state index contributed by atoms with van der Waals surface area (Å²) in [4.78, 5) is 14.7. The van der Waals surface area contributed by atoms with Crippen molar-refractivity contribution in [2.45, 2.75) is 16.7 Å². The van der Waals surface area contributed by atoms with E-state index in [1.54, 1.807) is 18.2 Å². The van der Waals surface area contributed by atoms with E-state index in [1.807, 2.05) is 0 Å². The zero-order chi connectivity index (χ0) is 26.4. The summed E-state index contributed by atoms with van der Waals surface area (Å²) in [5, 5.41) is 12.4. The number of hydrogen-bond acceptors (Lipinski definition) is 12.